The number of aromatic nitrogens is 1. The standard InChI is InChI=1S/C16H16ClNO2/c1-10(2)20-13-7-12(8-18-9-13)16(19)14-5-4-6-15(17)11(14)3/h4-10H,1-3H3. The Hall–Kier alpha value is -1.87. The van der Waals surface area contributed by atoms with Gasteiger partial charge < -0.3 is 4.74 Å². The third-order valence-corrected chi connectivity index (χ3v) is 3.27. The van der Waals surface area contributed by atoms with Crippen LogP contribution in [0.25, 0.3) is 0 Å². The zero-order valence-electron chi connectivity index (χ0n) is 11.7. The number of nitrogens with zero attached hydrogens (tertiary/aromatic N) is 1. The van der Waals surface area contributed by atoms with Crippen LogP contribution >= 0.6 is 11.6 Å². The van der Waals surface area contributed by atoms with Gasteiger partial charge in [0.05, 0.1) is 12.3 Å². The van der Waals surface area contributed by atoms with Crippen molar-refractivity contribution in [1.82, 2.24) is 4.98 Å². The van der Waals surface area contributed by atoms with Crippen molar-refractivity contribution in [3.8, 4) is 5.75 Å². The highest BCUT2D eigenvalue weighted by Gasteiger charge is 2.14. The van der Waals surface area contributed by atoms with Crippen molar-refractivity contribution < 1.29 is 9.53 Å². The molecule has 2 aromatic rings. The maximum absolute atomic E-state index is 12.5. The number of halogens is 1. The number of carbonyl (C=O) groups is 1. The molecule has 0 unspecified atom stereocenters. The van der Waals surface area contributed by atoms with Gasteiger partial charge in [0.2, 0.25) is 0 Å². The molecule has 0 saturated heterocycles. The minimum Gasteiger partial charge on any atom is -0.489 e. The van der Waals surface area contributed by atoms with E-state index in [1.54, 1.807) is 30.5 Å². The molecule has 0 aliphatic rings. The zero-order chi connectivity index (χ0) is 14.7. The van der Waals surface area contributed by atoms with Crippen LogP contribution in [0, 0.1) is 6.92 Å². The van der Waals surface area contributed by atoms with Crippen molar-refractivity contribution in [1.29, 1.82) is 0 Å². The summed E-state index contributed by atoms with van der Waals surface area (Å²) in [6, 6.07) is 7.00. The van der Waals surface area contributed by atoms with Gasteiger partial charge in [-0.05, 0) is 38.5 Å². The minimum absolute atomic E-state index is 0.0371. The SMILES string of the molecule is Cc1c(Cl)cccc1C(=O)c1cncc(OC(C)C)c1. The fourth-order valence-electron chi connectivity index (χ4n) is 1.89. The van der Waals surface area contributed by atoms with Crippen LogP contribution in [0.3, 0.4) is 0 Å². The van der Waals surface area contributed by atoms with Gasteiger partial charge >= 0.3 is 0 Å². The average Bonchev–Trinajstić information content (AvgIpc) is 2.41. The van der Waals surface area contributed by atoms with Crippen LogP contribution in [0.5, 0.6) is 5.75 Å². The molecular formula is C16H16ClNO2. The van der Waals surface area contributed by atoms with Crippen molar-refractivity contribution in [2.24, 2.45) is 0 Å². The fourth-order valence-corrected chi connectivity index (χ4v) is 2.06. The molecule has 0 aliphatic heterocycles. The van der Waals surface area contributed by atoms with E-state index in [4.69, 9.17) is 16.3 Å². The highest BCUT2D eigenvalue weighted by molar-refractivity contribution is 6.32. The van der Waals surface area contributed by atoms with E-state index in [0.29, 0.717) is 21.9 Å². The second kappa shape index (κ2) is 6.06. The smallest absolute Gasteiger partial charge is 0.195 e. The van der Waals surface area contributed by atoms with Crippen LogP contribution in [0.2, 0.25) is 5.02 Å². The average molecular weight is 290 g/mol. The Kier molecular flexibility index (Phi) is 4.40. The maximum atomic E-state index is 12.5. The van der Waals surface area contributed by atoms with Crippen molar-refractivity contribution in [3.05, 3.63) is 58.4 Å². The van der Waals surface area contributed by atoms with Gasteiger partial charge in [-0.15, -0.1) is 0 Å². The predicted molar refractivity (Wildman–Crippen MR) is 79.6 cm³/mol. The van der Waals surface area contributed by atoms with Crippen LogP contribution in [0.1, 0.15) is 35.3 Å². The summed E-state index contributed by atoms with van der Waals surface area (Å²) in [6.07, 6.45) is 3.17. The predicted octanol–water partition coefficient (Wildman–Crippen LogP) is 4.06. The molecule has 1 aromatic carbocycles. The van der Waals surface area contributed by atoms with Gasteiger partial charge in [-0.3, -0.25) is 9.78 Å². The van der Waals surface area contributed by atoms with E-state index in [1.807, 2.05) is 20.8 Å². The molecule has 0 fully saturated rings. The molecule has 1 aromatic heterocycles. The molecule has 0 radical (unpaired) electrons. The Morgan fingerprint density at radius 2 is 2.05 bits per heavy atom. The van der Waals surface area contributed by atoms with E-state index < -0.39 is 0 Å². The first-order valence-electron chi connectivity index (χ1n) is 6.40. The van der Waals surface area contributed by atoms with Gasteiger partial charge in [0.1, 0.15) is 5.75 Å². The topological polar surface area (TPSA) is 39.2 Å². The lowest BCUT2D eigenvalue weighted by Crippen LogP contribution is -2.08. The number of benzene rings is 1. The number of ether oxygens (including phenoxy) is 1. The van der Waals surface area contributed by atoms with E-state index >= 15 is 0 Å². The highest BCUT2D eigenvalue weighted by atomic mass is 35.5. The van der Waals surface area contributed by atoms with Crippen LogP contribution < -0.4 is 4.74 Å². The Morgan fingerprint density at radius 3 is 2.75 bits per heavy atom. The Labute approximate surface area is 123 Å². The molecule has 20 heavy (non-hydrogen) atoms. The van der Waals surface area contributed by atoms with Gasteiger partial charge in [0.15, 0.2) is 5.78 Å². The molecule has 0 aliphatic carbocycles. The molecule has 0 bridgehead atoms. The molecule has 3 nitrogen and oxygen atoms in total. The summed E-state index contributed by atoms with van der Waals surface area (Å²) in [5, 5.41) is 0.582. The molecule has 0 saturated carbocycles. The lowest BCUT2D eigenvalue weighted by atomic mass is 10.0. The normalized spacial score (nSPS) is 10.7. The largest absolute Gasteiger partial charge is 0.489 e. The summed E-state index contributed by atoms with van der Waals surface area (Å²) < 4.78 is 5.55. The summed E-state index contributed by atoms with van der Waals surface area (Å²) in [4.78, 5) is 16.6. The second-order valence-corrected chi connectivity index (χ2v) is 5.22. The van der Waals surface area contributed by atoms with Crippen molar-refractivity contribution in [2.45, 2.75) is 26.9 Å². The van der Waals surface area contributed by atoms with Gasteiger partial charge in [0, 0.05) is 22.3 Å². The van der Waals surface area contributed by atoms with E-state index in [9.17, 15) is 4.79 Å². The number of pyridine rings is 1. The summed E-state index contributed by atoms with van der Waals surface area (Å²) in [6.45, 7) is 5.68. The van der Waals surface area contributed by atoms with E-state index in [-0.39, 0.29) is 11.9 Å². The number of hydrogen-bond acceptors (Lipinski definition) is 3. The Bertz CT molecular complexity index is 638. The third-order valence-electron chi connectivity index (χ3n) is 2.86. The third kappa shape index (κ3) is 3.17. The molecule has 0 atom stereocenters. The summed E-state index contributed by atoms with van der Waals surface area (Å²) in [5.41, 5.74) is 1.85. The number of hydrogen-bond donors (Lipinski definition) is 0. The summed E-state index contributed by atoms with van der Waals surface area (Å²) in [7, 11) is 0. The summed E-state index contributed by atoms with van der Waals surface area (Å²) in [5.74, 6) is 0.484. The molecule has 0 N–H and O–H groups in total. The molecule has 1 heterocycles. The quantitative estimate of drug-likeness (QED) is 0.797. The number of ketones is 1. The van der Waals surface area contributed by atoms with E-state index in [0.717, 1.165) is 5.56 Å². The molecule has 4 heteroatoms. The molecule has 0 spiro atoms. The van der Waals surface area contributed by atoms with E-state index in [2.05, 4.69) is 4.98 Å². The van der Waals surface area contributed by atoms with Crippen molar-refractivity contribution in [2.75, 3.05) is 0 Å². The summed E-state index contributed by atoms with van der Waals surface area (Å²) >= 11 is 6.05. The maximum Gasteiger partial charge on any atom is 0.195 e. The number of carbonyl (C=O) groups excluding carboxylic acids is 1. The first-order valence-corrected chi connectivity index (χ1v) is 6.78. The molecule has 0 amide bonds. The second-order valence-electron chi connectivity index (χ2n) is 4.82. The minimum atomic E-state index is -0.105. The fraction of sp³-hybridized carbons (Fsp3) is 0.250. The van der Waals surface area contributed by atoms with Crippen LogP contribution in [0.4, 0.5) is 0 Å². The lowest BCUT2D eigenvalue weighted by molar-refractivity contribution is 0.103. The van der Waals surface area contributed by atoms with Gasteiger partial charge in [-0.1, -0.05) is 23.7 Å². The van der Waals surface area contributed by atoms with Crippen molar-refractivity contribution >= 4 is 17.4 Å². The first-order chi connectivity index (χ1) is 9.49. The highest BCUT2D eigenvalue weighted by Crippen LogP contribution is 2.22. The monoisotopic (exact) mass is 289 g/mol. The van der Waals surface area contributed by atoms with Crippen LogP contribution in [-0.2, 0) is 0 Å². The Morgan fingerprint density at radius 1 is 1.30 bits per heavy atom. The molecular weight excluding hydrogens is 274 g/mol. The first kappa shape index (κ1) is 14.5. The van der Waals surface area contributed by atoms with Gasteiger partial charge in [-0.25, -0.2) is 0 Å². The van der Waals surface area contributed by atoms with Gasteiger partial charge in [0.25, 0.3) is 0 Å². The lowest BCUT2D eigenvalue weighted by Gasteiger charge is -2.11. The number of rotatable bonds is 4. The Balaban J connectivity index is 2.36. The van der Waals surface area contributed by atoms with Crippen molar-refractivity contribution in [3.63, 3.8) is 0 Å². The zero-order valence-corrected chi connectivity index (χ0v) is 12.4. The van der Waals surface area contributed by atoms with E-state index in [1.165, 1.54) is 6.20 Å². The van der Waals surface area contributed by atoms with Gasteiger partial charge in [-0.2, -0.15) is 0 Å². The van der Waals surface area contributed by atoms with Crippen LogP contribution in [0.15, 0.2) is 36.7 Å². The molecule has 104 valence electrons. The van der Waals surface area contributed by atoms with Crippen LogP contribution in [-0.4, -0.2) is 16.9 Å². The molecule has 2 rings (SSSR count).